The first kappa shape index (κ1) is 17.8. The van der Waals surface area contributed by atoms with Gasteiger partial charge in [-0.3, -0.25) is 9.59 Å². The minimum atomic E-state index is -0.856. The molecule has 0 aromatic rings. The van der Waals surface area contributed by atoms with Crippen molar-refractivity contribution in [2.24, 2.45) is 17.8 Å². The van der Waals surface area contributed by atoms with E-state index in [9.17, 15) is 9.59 Å². The molecule has 0 N–H and O–H groups in total. The van der Waals surface area contributed by atoms with Crippen molar-refractivity contribution in [3.05, 3.63) is 0 Å². The number of esters is 1. The molecule has 1 heterocycles. The maximum absolute atomic E-state index is 12.7. The van der Waals surface area contributed by atoms with Gasteiger partial charge in [0.15, 0.2) is 5.79 Å². The molecule has 0 amide bonds. The lowest BCUT2D eigenvalue weighted by Crippen LogP contribution is -2.51. The van der Waals surface area contributed by atoms with E-state index in [0.29, 0.717) is 13.0 Å². The van der Waals surface area contributed by atoms with Gasteiger partial charge >= 0.3 is 5.97 Å². The first-order valence-corrected chi connectivity index (χ1v) is 8.47. The lowest BCUT2D eigenvalue weighted by Gasteiger charge is -2.38. The summed E-state index contributed by atoms with van der Waals surface area (Å²) in [7, 11) is 1.52. The van der Waals surface area contributed by atoms with Crippen LogP contribution in [0.3, 0.4) is 0 Å². The second-order valence-corrected chi connectivity index (χ2v) is 7.24. The van der Waals surface area contributed by atoms with Crippen LogP contribution in [0.5, 0.6) is 0 Å². The third-order valence-corrected chi connectivity index (χ3v) is 5.33. The zero-order chi connectivity index (χ0) is 17.5. The summed E-state index contributed by atoms with van der Waals surface area (Å²) in [5.41, 5.74) is -0.856. The number of methoxy groups -OCH3 is 1. The summed E-state index contributed by atoms with van der Waals surface area (Å²) in [6.07, 6.45) is 0.401. The number of ketones is 1. The molecule has 0 aromatic carbocycles. The fourth-order valence-corrected chi connectivity index (χ4v) is 4.51. The van der Waals surface area contributed by atoms with E-state index >= 15 is 0 Å². The summed E-state index contributed by atoms with van der Waals surface area (Å²) in [6, 6.07) is 0. The Hall–Kier alpha value is -1.02. The number of hydrogen-bond donors (Lipinski definition) is 0. The second-order valence-electron chi connectivity index (χ2n) is 7.24. The van der Waals surface area contributed by atoms with Crippen LogP contribution in [0.1, 0.15) is 33.6 Å². The zero-order valence-electron chi connectivity index (χ0n) is 14.7. The van der Waals surface area contributed by atoms with Gasteiger partial charge in [0.05, 0.1) is 30.8 Å². The van der Waals surface area contributed by atoms with Gasteiger partial charge in [0, 0.05) is 25.4 Å². The van der Waals surface area contributed by atoms with Gasteiger partial charge in [0.1, 0.15) is 12.6 Å². The Labute approximate surface area is 141 Å². The highest BCUT2D eigenvalue weighted by Gasteiger charge is 2.68. The molecule has 0 unspecified atom stereocenters. The Bertz CT molecular complexity index is 517. The Morgan fingerprint density at radius 2 is 2.12 bits per heavy atom. The van der Waals surface area contributed by atoms with Gasteiger partial charge in [-0.25, -0.2) is 0 Å². The number of Topliss-reactive ketones (excluding diaryl/α,β-unsaturated/α-hetero) is 1. The molecule has 2 aliphatic carbocycles. The van der Waals surface area contributed by atoms with Crippen LogP contribution in [0.25, 0.3) is 0 Å². The van der Waals surface area contributed by atoms with Crippen LogP contribution in [0, 0.1) is 17.8 Å². The van der Waals surface area contributed by atoms with Gasteiger partial charge < -0.3 is 23.7 Å². The Kier molecular flexibility index (Phi) is 4.72. The van der Waals surface area contributed by atoms with E-state index in [1.165, 1.54) is 7.11 Å². The van der Waals surface area contributed by atoms with E-state index in [4.69, 9.17) is 23.7 Å². The summed E-state index contributed by atoms with van der Waals surface area (Å²) in [4.78, 5) is 25.2. The van der Waals surface area contributed by atoms with Gasteiger partial charge in [0.2, 0.25) is 0 Å². The monoisotopic (exact) mass is 342 g/mol. The number of carbonyl (C=O) groups is 2. The number of ether oxygens (including phenoxy) is 5. The predicted molar refractivity (Wildman–Crippen MR) is 81.9 cm³/mol. The molecule has 1 saturated heterocycles. The number of hydrogen-bond acceptors (Lipinski definition) is 7. The van der Waals surface area contributed by atoms with Crippen molar-refractivity contribution in [1.29, 1.82) is 0 Å². The first-order valence-electron chi connectivity index (χ1n) is 8.47. The minimum Gasteiger partial charge on any atom is -0.466 e. The maximum atomic E-state index is 12.7. The largest absolute Gasteiger partial charge is 0.466 e. The molecule has 7 nitrogen and oxygen atoms in total. The summed E-state index contributed by atoms with van der Waals surface area (Å²) < 4.78 is 27.8. The molecule has 7 heteroatoms. The van der Waals surface area contributed by atoms with Crippen molar-refractivity contribution in [3.63, 3.8) is 0 Å². The highest BCUT2D eigenvalue weighted by atomic mass is 16.7. The molecule has 24 heavy (non-hydrogen) atoms. The van der Waals surface area contributed by atoms with Crippen molar-refractivity contribution >= 4 is 11.8 Å². The van der Waals surface area contributed by atoms with Gasteiger partial charge in [0.25, 0.3) is 0 Å². The molecule has 2 saturated carbocycles. The molecular formula is C17H26O7. The third kappa shape index (κ3) is 2.87. The summed E-state index contributed by atoms with van der Waals surface area (Å²) in [5.74, 6) is -2.03. The van der Waals surface area contributed by atoms with Gasteiger partial charge in [-0.15, -0.1) is 0 Å². The smallest absolute Gasteiger partial charge is 0.312 e. The molecular weight excluding hydrogens is 316 g/mol. The van der Waals surface area contributed by atoms with Crippen molar-refractivity contribution in [2.75, 3.05) is 27.1 Å². The van der Waals surface area contributed by atoms with Gasteiger partial charge in [-0.1, -0.05) is 0 Å². The summed E-state index contributed by atoms with van der Waals surface area (Å²) in [6.45, 7) is 6.12. The second kappa shape index (κ2) is 6.37. The van der Waals surface area contributed by atoms with Crippen LogP contribution < -0.4 is 0 Å². The fourth-order valence-electron chi connectivity index (χ4n) is 4.51. The molecule has 2 bridgehead atoms. The Morgan fingerprint density at radius 3 is 2.71 bits per heavy atom. The van der Waals surface area contributed by atoms with Crippen LogP contribution in [-0.2, 0) is 33.3 Å². The zero-order valence-corrected chi connectivity index (χ0v) is 14.7. The average Bonchev–Trinajstić information content (AvgIpc) is 3.13. The number of carbonyl (C=O) groups excluding carboxylic acids is 2. The lowest BCUT2D eigenvalue weighted by molar-refractivity contribution is -0.191. The molecule has 136 valence electrons. The summed E-state index contributed by atoms with van der Waals surface area (Å²) in [5, 5.41) is 0. The van der Waals surface area contributed by atoms with Crippen molar-refractivity contribution < 1.29 is 33.3 Å². The van der Waals surface area contributed by atoms with Crippen molar-refractivity contribution in [2.45, 2.75) is 51.1 Å². The Morgan fingerprint density at radius 1 is 1.38 bits per heavy atom. The molecule has 1 aliphatic heterocycles. The summed E-state index contributed by atoms with van der Waals surface area (Å²) >= 11 is 0. The highest BCUT2D eigenvalue weighted by Crippen LogP contribution is 2.58. The fraction of sp³-hybridized carbons (Fsp3) is 0.882. The molecule has 5 atom stereocenters. The van der Waals surface area contributed by atoms with Crippen LogP contribution in [0.4, 0.5) is 0 Å². The van der Waals surface area contributed by atoms with Crippen molar-refractivity contribution in [1.82, 2.24) is 0 Å². The minimum absolute atomic E-state index is 0.0378. The lowest BCUT2D eigenvalue weighted by atomic mass is 9.73. The van der Waals surface area contributed by atoms with Crippen LogP contribution in [-0.4, -0.2) is 56.4 Å². The maximum Gasteiger partial charge on any atom is 0.312 e. The standard InChI is InChI=1S/C17H26O7/c1-5-21-15(19)14-13(12-8-22-16(2,3)24-12)10-6-17(14,7-11(10)18)23-9-20-4/h10,12-14H,5-9H2,1-4H3/t10-,12+,13-,14-,17-/m1/s1. The van der Waals surface area contributed by atoms with E-state index < -0.39 is 17.3 Å². The van der Waals surface area contributed by atoms with Crippen molar-refractivity contribution in [3.8, 4) is 0 Å². The molecule has 3 fully saturated rings. The van der Waals surface area contributed by atoms with Crippen LogP contribution >= 0.6 is 0 Å². The number of rotatable bonds is 6. The van der Waals surface area contributed by atoms with Crippen LogP contribution in [0.15, 0.2) is 0 Å². The molecule has 0 radical (unpaired) electrons. The Balaban J connectivity index is 1.91. The molecule has 3 aliphatic rings. The first-order chi connectivity index (χ1) is 11.3. The molecule has 0 aromatic heterocycles. The third-order valence-electron chi connectivity index (χ3n) is 5.33. The normalized spacial score (nSPS) is 40.2. The van der Waals surface area contributed by atoms with E-state index in [0.717, 1.165) is 0 Å². The SMILES string of the molecule is CCOC(=O)[C@H]1[C@@H]([C@@H]2COC(C)(C)O2)[C@@H]2C[C@@]1(OCOC)CC2=O. The van der Waals surface area contributed by atoms with E-state index in [1.54, 1.807) is 6.92 Å². The predicted octanol–water partition coefficient (Wildman–Crippen LogP) is 1.29. The number of fused-ring (bicyclic) bond motifs is 2. The highest BCUT2D eigenvalue weighted by molar-refractivity contribution is 5.90. The quantitative estimate of drug-likeness (QED) is 0.531. The topological polar surface area (TPSA) is 80.3 Å². The van der Waals surface area contributed by atoms with E-state index in [1.807, 2.05) is 13.8 Å². The molecule has 0 spiro atoms. The molecule has 3 rings (SSSR count). The van der Waals surface area contributed by atoms with Crippen LogP contribution in [0.2, 0.25) is 0 Å². The van der Waals surface area contributed by atoms with E-state index in [-0.39, 0.29) is 49.5 Å². The van der Waals surface area contributed by atoms with Gasteiger partial charge in [-0.05, 0) is 27.2 Å². The van der Waals surface area contributed by atoms with Gasteiger partial charge in [-0.2, -0.15) is 0 Å². The average molecular weight is 342 g/mol. The van der Waals surface area contributed by atoms with E-state index in [2.05, 4.69) is 0 Å².